The Hall–Kier alpha value is -1.82. The first-order valence-corrected chi connectivity index (χ1v) is 6.58. The Morgan fingerprint density at radius 1 is 1.30 bits per heavy atom. The van der Waals surface area contributed by atoms with Gasteiger partial charge in [-0.1, -0.05) is 24.4 Å². The van der Waals surface area contributed by atoms with Gasteiger partial charge in [0.1, 0.15) is 11.4 Å². The van der Waals surface area contributed by atoms with Crippen LogP contribution in [0.3, 0.4) is 0 Å². The number of nitrogens with one attached hydrogen (secondary N) is 2. The van der Waals surface area contributed by atoms with E-state index in [1.807, 2.05) is 0 Å². The number of aliphatic carboxylic acids is 1. The Bertz CT molecular complexity index is 544. The van der Waals surface area contributed by atoms with Crippen molar-refractivity contribution in [2.45, 2.75) is 31.2 Å². The number of amides is 2. The first-order valence-electron chi connectivity index (χ1n) is 6.20. The van der Waals surface area contributed by atoms with Crippen LogP contribution in [0.1, 0.15) is 25.7 Å². The van der Waals surface area contributed by atoms with Crippen molar-refractivity contribution in [3.8, 4) is 0 Å². The van der Waals surface area contributed by atoms with Gasteiger partial charge in [-0.25, -0.2) is 14.0 Å². The number of benzene rings is 1. The molecule has 0 bridgehead atoms. The van der Waals surface area contributed by atoms with Crippen LogP contribution in [-0.4, -0.2) is 22.6 Å². The first-order chi connectivity index (χ1) is 9.43. The van der Waals surface area contributed by atoms with Crippen LogP contribution in [-0.2, 0) is 4.79 Å². The summed E-state index contributed by atoms with van der Waals surface area (Å²) in [6, 6.07) is 3.10. The van der Waals surface area contributed by atoms with Gasteiger partial charge in [0.05, 0.1) is 5.02 Å². The number of hydrogen-bond acceptors (Lipinski definition) is 2. The molecule has 1 aliphatic rings. The molecule has 0 spiro atoms. The Morgan fingerprint density at radius 2 is 1.95 bits per heavy atom. The number of rotatable bonds is 3. The Morgan fingerprint density at radius 3 is 2.50 bits per heavy atom. The molecule has 5 nitrogen and oxygen atoms in total. The second-order valence-corrected chi connectivity index (χ2v) is 5.21. The van der Waals surface area contributed by atoms with E-state index in [-0.39, 0.29) is 5.02 Å². The van der Waals surface area contributed by atoms with E-state index >= 15 is 0 Å². The van der Waals surface area contributed by atoms with Gasteiger partial charge in [0, 0.05) is 5.69 Å². The van der Waals surface area contributed by atoms with Crippen molar-refractivity contribution >= 4 is 29.3 Å². The van der Waals surface area contributed by atoms with Gasteiger partial charge in [0.25, 0.3) is 0 Å². The van der Waals surface area contributed by atoms with Crippen LogP contribution < -0.4 is 10.6 Å². The summed E-state index contributed by atoms with van der Waals surface area (Å²) >= 11 is 5.60. The zero-order valence-electron chi connectivity index (χ0n) is 10.6. The summed E-state index contributed by atoms with van der Waals surface area (Å²) in [6.45, 7) is 0. The molecule has 1 fully saturated rings. The number of halogens is 2. The summed E-state index contributed by atoms with van der Waals surface area (Å²) in [7, 11) is 0. The van der Waals surface area contributed by atoms with Crippen molar-refractivity contribution in [3.63, 3.8) is 0 Å². The third-order valence-electron chi connectivity index (χ3n) is 3.40. The lowest BCUT2D eigenvalue weighted by atomic mass is 9.98. The predicted molar refractivity (Wildman–Crippen MR) is 72.4 cm³/mol. The molecule has 2 amide bonds. The van der Waals surface area contributed by atoms with E-state index in [9.17, 15) is 19.1 Å². The molecule has 1 saturated carbocycles. The molecule has 0 unspecified atom stereocenters. The number of carboxylic acid groups (broad SMARTS) is 1. The first kappa shape index (κ1) is 14.6. The number of hydrogen-bond donors (Lipinski definition) is 3. The van der Waals surface area contributed by atoms with Crippen molar-refractivity contribution in [2.24, 2.45) is 0 Å². The maximum atomic E-state index is 13.0. The van der Waals surface area contributed by atoms with Gasteiger partial charge in [-0.05, 0) is 31.0 Å². The van der Waals surface area contributed by atoms with Gasteiger partial charge in [-0.3, -0.25) is 0 Å². The molecule has 108 valence electrons. The van der Waals surface area contributed by atoms with Crippen molar-refractivity contribution < 1.29 is 19.1 Å². The molecule has 1 aliphatic carbocycles. The van der Waals surface area contributed by atoms with Crippen LogP contribution in [0.5, 0.6) is 0 Å². The zero-order chi connectivity index (χ0) is 14.8. The minimum Gasteiger partial charge on any atom is -0.480 e. The van der Waals surface area contributed by atoms with Crippen LogP contribution in [0.4, 0.5) is 14.9 Å². The van der Waals surface area contributed by atoms with E-state index < -0.39 is 23.4 Å². The molecule has 7 heteroatoms. The van der Waals surface area contributed by atoms with Gasteiger partial charge in [-0.15, -0.1) is 0 Å². The second-order valence-electron chi connectivity index (χ2n) is 4.80. The molecule has 2 rings (SSSR count). The van der Waals surface area contributed by atoms with E-state index in [1.165, 1.54) is 12.1 Å². The molecule has 0 aliphatic heterocycles. The zero-order valence-corrected chi connectivity index (χ0v) is 11.3. The van der Waals surface area contributed by atoms with Gasteiger partial charge in [-0.2, -0.15) is 0 Å². The van der Waals surface area contributed by atoms with Crippen molar-refractivity contribution in [3.05, 3.63) is 29.0 Å². The van der Waals surface area contributed by atoms with E-state index in [2.05, 4.69) is 10.6 Å². The van der Waals surface area contributed by atoms with Crippen LogP contribution >= 0.6 is 11.6 Å². The quantitative estimate of drug-likeness (QED) is 0.803. The van der Waals surface area contributed by atoms with Crippen molar-refractivity contribution in [1.82, 2.24) is 5.32 Å². The molecule has 0 aromatic heterocycles. The van der Waals surface area contributed by atoms with Crippen molar-refractivity contribution in [2.75, 3.05) is 5.32 Å². The fraction of sp³-hybridized carbons (Fsp3) is 0.385. The summed E-state index contributed by atoms with van der Waals surface area (Å²) in [5.74, 6) is -1.63. The number of anilines is 1. The molecule has 0 heterocycles. The third kappa shape index (κ3) is 3.01. The van der Waals surface area contributed by atoms with E-state index in [1.54, 1.807) is 0 Å². The molecule has 20 heavy (non-hydrogen) atoms. The van der Waals surface area contributed by atoms with Gasteiger partial charge >= 0.3 is 12.0 Å². The topological polar surface area (TPSA) is 78.4 Å². The lowest BCUT2D eigenvalue weighted by Crippen LogP contribution is -2.53. The molecular formula is C13H14ClFN2O3. The summed E-state index contributed by atoms with van der Waals surface area (Å²) in [6.07, 6.45) is 2.32. The highest BCUT2D eigenvalue weighted by atomic mass is 35.5. The average molecular weight is 301 g/mol. The molecule has 3 N–H and O–H groups in total. The highest BCUT2D eigenvalue weighted by Crippen LogP contribution is 2.30. The maximum Gasteiger partial charge on any atom is 0.329 e. The highest BCUT2D eigenvalue weighted by Gasteiger charge is 2.42. The van der Waals surface area contributed by atoms with E-state index in [4.69, 9.17) is 11.6 Å². The van der Waals surface area contributed by atoms with Gasteiger partial charge in [0.2, 0.25) is 0 Å². The number of carbonyl (C=O) groups is 2. The molecule has 1 aromatic rings. The molecular weight excluding hydrogens is 287 g/mol. The Balaban J connectivity index is 2.04. The average Bonchev–Trinajstić information content (AvgIpc) is 2.83. The fourth-order valence-corrected chi connectivity index (χ4v) is 2.50. The summed E-state index contributed by atoms with van der Waals surface area (Å²) < 4.78 is 13.0. The largest absolute Gasteiger partial charge is 0.480 e. The summed E-state index contributed by atoms with van der Waals surface area (Å²) in [5.41, 5.74) is -0.916. The van der Waals surface area contributed by atoms with Crippen molar-refractivity contribution in [1.29, 1.82) is 0 Å². The summed E-state index contributed by atoms with van der Waals surface area (Å²) in [5, 5.41) is 14.1. The molecule has 0 atom stereocenters. The van der Waals surface area contributed by atoms with E-state index in [0.29, 0.717) is 18.5 Å². The SMILES string of the molecule is O=C(Nc1ccc(F)c(Cl)c1)NC1(C(=O)O)CCCC1. The van der Waals surface area contributed by atoms with Gasteiger partial charge in [0.15, 0.2) is 0 Å². The minimum atomic E-state index is -1.21. The fourth-order valence-electron chi connectivity index (χ4n) is 2.32. The Labute approximate surface area is 120 Å². The molecule has 0 radical (unpaired) electrons. The monoisotopic (exact) mass is 300 g/mol. The van der Waals surface area contributed by atoms with Crippen LogP contribution in [0, 0.1) is 5.82 Å². The number of carboxylic acids is 1. The normalized spacial score (nSPS) is 16.7. The Kier molecular flexibility index (Phi) is 4.13. The second kappa shape index (κ2) is 5.66. The maximum absolute atomic E-state index is 13.0. The van der Waals surface area contributed by atoms with E-state index in [0.717, 1.165) is 18.9 Å². The molecule has 0 saturated heterocycles. The highest BCUT2D eigenvalue weighted by molar-refractivity contribution is 6.31. The minimum absolute atomic E-state index is 0.114. The lowest BCUT2D eigenvalue weighted by Gasteiger charge is -2.25. The number of carbonyl (C=O) groups excluding carboxylic acids is 1. The van der Waals surface area contributed by atoms with Crippen LogP contribution in [0.15, 0.2) is 18.2 Å². The number of urea groups is 1. The standard InChI is InChI=1S/C13H14ClFN2O3/c14-9-7-8(3-4-10(9)15)16-12(20)17-13(11(18)19)5-1-2-6-13/h3-4,7H,1-2,5-6H2,(H,18,19)(H2,16,17,20). The van der Waals surface area contributed by atoms with Crippen LogP contribution in [0.25, 0.3) is 0 Å². The summed E-state index contributed by atoms with van der Waals surface area (Å²) in [4.78, 5) is 23.1. The van der Waals surface area contributed by atoms with Gasteiger partial charge < -0.3 is 15.7 Å². The lowest BCUT2D eigenvalue weighted by molar-refractivity contribution is -0.144. The molecule has 1 aromatic carbocycles. The van der Waals surface area contributed by atoms with Crippen LogP contribution in [0.2, 0.25) is 5.02 Å². The predicted octanol–water partition coefficient (Wildman–Crippen LogP) is 3.00. The smallest absolute Gasteiger partial charge is 0.329 e. The third-order valence-corrected chi connectivity index (χ3v) is 3.69.